The molecule has 0 aliphatic heterocycles. The molecular weight excluding hydrogens is 238 g/mol. The fourth-order valence-corrected chi connectivity index (χ4v) is 1.42. The van der Waals surface area contributed by atoms with Crippen LogP contribution in [0.3, 0.4) is 0 Å². The topological polar surface area (TPSA) is 49.3 Å². The first-order valence-electron chi connectivity index (χ1n) is 5.10. The zero-order chi connectivity index (χ0) is 12.8. The summed E-state index contributed by atoms with van der Waals surface area (Å²) < 4.78 is 0. The highest BCUT2D eigenvalue weighted by Gasteiger charge is 2.06. The predicted octanol–water partition coefficient (Wildman–Crippen LogP) is 3.38. The standard InChI is InChI=1S/C13H14ClNO2/c1-3-11(14)9(2)15-12-7-5-4-6-10(12)8-13(16)17/h3-7,15H,1,8H2,2H3,(H,16,17)/b11-9-. The van der Waals surface area contributed by atoms with E-state index in [4.69, 9.17) is 16.7 Å². The number of carboxylic acid groups (broad SMARTS) is 1. The molecule has 0 fully saturated rings. The molecule has 0 aliphatic carbocycles. The molecule has 2 N–H and O–H groups in total. The third-order valence-electron chi connectivity index (χ3n) is 2.22. The summed E-state index contributed by atoms with van der Waals surface area (Å²) in [4.78, 5) is 10.7. The Bertz CT molecular complexity index is 466. The molecule has 3 nitrogen and oxygen atoms in total. The van der Waals surface area contributed by atoms with Gasteiger partial charge in [-0.25, -0.2) is 0 Å². The van der Waals surface area contributed by atoms with Gasteiger partial charge < -0.3 is 10.4 Å². The molecule has 0 aromatic heterocycles. The average molecular weight is 252 g/mol. The van der Waals surface area contributed by atoms with Gasteiger partial charge in [0.2, 0.25) is 0 Å². The van der Waals surface area contributed by atoms with Crippen LogP contribution in [0.25, 0.3) is 0 Å². The van der Waals surface area contributed by atoms with E-state index in [1.54, 1.807) is 12.1 Å². The second-order valence-corrected chi connectivity index (χ2v) is 3.94. The SMILES string of the molecule is C=C/C(Cl)=C(\C)Nc1ccccc1CC(=O)O. The number of anilines is 1. The van der Waals surface area contributed by atoms with Crippen molar-refractivity contribution < 1.29 is 9.90 Å². The molecule has 0 saturated heterocycles. The molecule has 0 aliphatic rings. The van der Waals surface area contributed by atoms with Gasteiger partial charge in [0.1, 0.15) is 0 Å². The molecule has 0 saturated carbocycles. The molecule has 1 rings (SSSR count). The quantitative estimate of drug-likeness (QED) is 0.789. The van der Waals surface area contributed by atoms with Crippen LogP contribution in [0.15, 0.2) is 47.6 Å². The average Bonchev–Trinajstić information content (AvgIpc) is 2.29. The zero-order valence-electron chi connectivity index (χ0n) is 9.53. The number of para-hydroxylation sites is 1. The largest absolute Gasteiger partial charge is 0.481 e. The Kier molecular flexibility index (Phi) is 4.79. The van der Waals surface area contributed by atoms with Crippen molar-refractivity contribution in [3.05, 3.63) is 53.2 Å². The number of halogens is 1. The predicted molar refractivity (Wildman–Crippen MR) is 70.2 cm³/mol. The van der Waals surface area contributed by atoms with E-state index >= 15 is 0 Å². The number of benzene rings is 1. The monoisotopic (exact) mass is 251 g/mol. The zero-order valence-corrected chi connectivity index (χ0v) is 10.3. The number of hydrogen-bond donors (Lipinski definition) is 2. The molecule has 90 valence electrons. The first kappa shape index (κ1) is 13.3. The normalized spacial score (nSPS) is 11.6. The maximum absolute atomic E-state index is 10.7. The number of aliphatic carboxylic acids is 1. The lowest BCUT2D eigenvalue weighted by Crippen LogP contribution is -2.05. The lowest BCUT2D eigenvalue weighted by Gasteiger charge is -2.11. The van der Waals surface area contributed by atoms with E-state index in [0.717, 1.165) is 11.4 Å². The molecule has 4 heteroatoms. The number of hydrogen-bond acceptors (Lipinski definition) is 2. The third-order valence-corrected chi connectivity index (χ3v) is 2.66. The van der Waals surface area contributed by atoms with Crippen LogP contribution >= 0.6 is 11.6 Å². The smallest absolute Gasteiger partial charge is 0.307 e. The first-order chi connectivity index (χ1) is 8.04. The van der Waals surface area contributed by atoms with Crippen LogP contribution in [0.5, 0.6) is 0 Å². The van der Waals surface area contributed by atoms with Crippen LogP contribution in [-0.2, 0) is 11.2 Å². The molecule has 0 bridgehead atoms. The molecule has 1 aromatic carbocycles. The summed E-state index contributed by atoms with van der Waals surface area (Å²) in [5, 5.41) is 12.4. The van der Waals surface area contributed by atoms with Gasteiger partial charge in [0.15, 0.2) is 0 Å². The number of nitrogens with one attached hydrogen (secondary N) is 1. The molecule has 17 heavy (non-hydrogen) atoms. The van der Waals surface area contributed by atoms with E-state index < -0.39 is 5.97 Å². The number of rotatable bonds is 5. The van der Waals surface area contributed by atoms with Crippen molar-refractivity contribution in [1.29, 1.82) is 0 Å². The molecule has 0 heterocycles. The van der Waals surface area contributed by atoms with Crippen molar-refractivity contribution in [2.45, 2.75) is 13.3 Å². The lowest BCUT2D eigenvalue weighted by molar-refractivity contribution is -0.136. The van der Waals surface area contributed by atoms with Gasteiger partial charge >= 0.3 is 5.97 Å². The Balaban J connectivity index is 2.98. The van der Waals surface area contributed by atoms with Gasteiger partial charge in [-0.15, -0.1) is 0 Å². The summed E-state index contributed by atoms with van der Waals surface area (Å²) >= 11 is 5.91. The van der Waals surface area contributed by atoms with E-state index in [1.165, 1.54) is 6.08 Å². The summed E-state index contributed by atoms with van der Waals surface area (Å²) in [6.07, 6.45) is 1.51. The first-order valence-corrected chi connectivity index (χ1v) is 5.48. The van der Waals surface area contributed by atoms with Crippen molar-refractivity contribution in [1.82, 2.24) is 0 Å². The van der Waals surface area contributed by atoms with Crippen molar-refractivity contribution in [2.24, 2.45) is 0 Å². The lowest BCUT2D eigenvalue weighted by atomic mass is 10.1. The number of carboxylic acids is 1. The van der Waals surface area contributed by atoms with Gasteiger partial charge in [-0.1, -0.05) is 36.4 Å². The van der Waals surface area contributed by atoms with E-state index in [1.807, 2.05) is 19.1 Å². The van der Waals surface area contributed by atoms with Crippen molar-refractivity contribution in [3.63, 3.8) is 0 Å². The molecule has 0 amide bonds. The minimum atomic E-state index is -0.865. The number of allylic oxidation sites excluding steroid dienone is 3. The number of carbonyl (C=O) groups is 1. The molecule has 0 spiro atoms. The second-order valence-electron chi connectivity index (χ2n) is 3.53. The highest BCUT2D eigenvalue weighted by molar-refractivity contribution is 6.31. The summed E-state index contributed by atoms with van der Waals surface area (Å²) in [5.74, 6) is -0.865. The highest BCUT2D eigenvalue weighted by Crippen LogP contribution is 2.20. The van der Waals surface area contributed by atoms with Crippen LogP contribution in [0.4, 0.5) is 5.69 Å². The Hall–Kier alpha value is -1.74. The van der Waals surface area contributed by atoms with E-state index in [0.29, 0.717) is 10.6 Å². The minimum absolute atomic E-state index is 0.0256. The Morgan fingerprint density at radius 3 is 2.76 bits per heavy atom. The van der Waals surface area contributed by atoms with Crippen molar-refractivity contribution >= 4 is 23.3 Å². The summed E-state index contributed by atoms with van der Waals surface area (Å²) in [7, 11) is 0. The fraction of sp³-hybridized carbons (Fsp3) is 0.154. The van der Waals surface area contributed by atoms with E-state index in [-0.39, 0.29) is 6.42 Å². The highest BCUT2D eigenvalue weighted by atomic mass is 35.5. The van der Waals surface area contributed by atoms with Gasteiger partial charge in [-0.05, 0) is 24.6 Å². The summed E-state index contributed by atoms with van der Waals surface area (Å²) in [6.45, 7) is 5.38. The third kappa shape index (κ3) is 3.96. The van der Waals surface area contributed by atoms with Crippen LogP contribution in [0, 0.1) is 0 Å². The van der Waals surface area contributed by atoms with Gasteiger partial charge in [-0.3, -0.25) is 4.79 Å². The van der Waals surface area contributed by atoms with Crippen molar-refractivity contribution in [3.8, 4) is 0 Å². The molecule has 0 atom stereocenters. The molecule has 0 unspecified atom stereocenters. The van der Waals surface area contributed by atoms with Gasteiger partial charge in [0.05, 0.1) is 11.5 Å². The second kappa shape index (κ2) is 6.11. The van der Waals surface area contributed by atoms with Crippen LogP contribution in [-0.4, -0.2) is 11.1 Å². The van der Waals surface area contributed by atoms with E-state index in [2.05, 4.69) is 11.9 Å². The Morgan fingerprint density at radius 2 is 2.18 bits per heavy atom. The van der Waals surface area contributed by atoms with Gasteiger partial charge in [-0.2, -0.15) is 0 Å². The van der Waals surface area contributed by atoms with Crippen LogP contribution in [0.2, 0.25) is 0 Å². The Morgan fingerprint density at radius 1 is 1.53 bits per heavy atom. The molecular formula is C13H14ClNO2. The maximum atomic E-state index is 10.7. The van der Waals surface area contributed by atoms with Crippen molar-refractivity contribution in [2.75, 3.05) is 5.32 Å². The van der Waals surface area contributed by atoms with Gasteiger partial charge in [0.25, 0.3) is 0 Å². The van der Waals surface area contributed by atoms with Gasteiger partial charge in [0, 0.05) is 11.4 Å². The fourth-order valence-electron chi connectivity index (χ4n) is 1.37. The Labute approximate surface area is 105 Å². The summed E-state index contributed by atoms with van der Waals surface area (Å²) in [5.41, 5.74) is 2.19. The maximum Gasteiger partial charge on any atom is 0.307 e. The van der Waals surface area contributed by atoms with E-state index in [9.17, 15) is 4.79 Å². The molecule has 1 aromatic rings. The van der Waals surface area contributed by atoms with Crippen LogP contribution in [0.1, 0.15) is 12.5 Å². The summed E-state index contributed by atoms with van der Waals surface area (Å²) in [6, 6.07) is 7.22. The van der Waals surface area contributed by atoms with Crippen LogP contribution < -0.4 is 5.32 Å². The molecule has 0 radical (unpaired) electrons. The minimum Gasteiger partial charge on any atom is -0.481 e.